The van der Waals surface area contributed by atoms with Crippen LogP contribution in [0.5, 0.6) is 0 Å². The number of nitrogens with one attached hydrogen (secondary N) is 2. The van der Waals surface area contributed by atoms with E-state index in [4.69, 9.17) is 5.73 Å². The summed E-state index contributed by atoms with van der Waals surface area (Å²) in [6.45, 7) is 3.88. The van der Waals surface area contributed by atoms with Gasteiger partial charge >= 0.3 is 0 Å². The Balaban J connectivity index is 1.58. The van der Waals surface area contributed by atoms with Crippen molar-refractivity contribution in [3.63, 3.8) is 0 Å². The molecule has 3 unspecified atom stereocenters. The number of rotatable bonds is 5. The van der Waals surface area contributed by atoms with Gasteiger partial charge in [0.25, 0.3) is 0 Å². The smallest absolute Gasteiger partial charge is 0.231 e. The molecule has 1 aliphatic rings. The number of carbonyl (C=O) groups excluding carboxylic acids is 1. The van der Waals surface area contributed by atoms with Gasteiger partial charge in [-0.2, -0.15) is 5.10 Å². The summed E-state index contributed by atoms with van der Waals surface area (Å²) in [5, 5.41) is 10.4. The van der Waals surface area contributed by atoms with E-state index in [0.717, 1.165) is 5.39 Å². The van der Waals surface area contributed by atoms with Crippen molar-refractivity contribution in [1.82, 2.24) is 24.6 Å². The predicted octanol–water partition coefficient (Wildman–Crippen LogP) is 3.08. The molecule has 0 radical (unpaired) electrons. The molecule has 0 bridgehead atoms. The van der Waals surface area contributed by atoms with Crippen LogP contribution in [0.4, 0.5) is 14.6 Å². The van der Waals surface area contributed by atoms with Crippen molar-refractivity contribution < 1.29 is 13.6 Å². The number of hydrogen-bond acceptors (Lipinski definition) is 5. The Kier molecular flexibility index (Phi) is 4.47. The molecule has 0 aliphatic heterocycles. The molecule has 0 spiro atoms. The fourth-order valence-electron chi connectivity index (χ4n) is 3.96. The van der Waals surface area contributed by atoms with E-state index in [1.807, 2.05) is 6.92 Å². The Morgan fingerprint density at radius 2 is 2.19 bits per heavy atom. The van der Waals surface area contributed by atoms with Gasteiger partial charge in [0.1, 0.15) is 12.0 Å². The maximum absolute atomic E-state index is 15.3. The van der Waals surface area contributed by atoms with Crippen LogP contribution in [0, 0.1) is 18.7 Å². The van der Waals surface area contributed by atoms with E-state index in [2.05, 4.69) is 25.5 Å². The van der Waals surface area contributed by atoms with E-state index >= 15 is 4.39 Å². The van der Waals surface area contributed by atoms with Gasteiger partial charge in [-0.15, -0.1) is 0 Å². The second-order valence-corrected chi connectivity index (χ2v) is 8.03. The fraction of sp³-hybridized carbons (Fsp3) is 0.333. The highest BCUT2D eigenvalue weighted by Gasteiger charge is 2.43. The predicted molar refractivity (Wildman–Crippen MR) is 112 cm³/mol. The minimum atomic E-state index is -1.08. The number of amides is 1. The van der Waals surface area contributed by atoms with Crippen LogP contribution in [0.15, 0.2) is 24.8 Å². The molecule has 1 aromatic carbocycles. The summed E-state index contributed by atoms with van der Waals surface area (Å²) in [5.74, 6) is -1.19. The van der Waals surface area contributed by atoms with Gasteiger partial charge in [0.2, 0.25) is 5.91 Å². The molecule has 8 nitrogen and oxygen atoms in total. The van der Waals surface area contributed by atoms with Crippen molar-refractivity contribution in [3.8, 4) is 11.3 Å². The number of benzene rings is 1. The lowest BCUT2D eigenvalue weighted by Gasteiger charge is -2.17. The highest BCUT2D eigenvalue weighted by molar-refractivity contribution is 5.97. The molecule has 0 saturated heterocycles. The summed E-state index contributed by atoms with van der Waals surface area (Å²) in [6.07, 6.45) is 5.70. The highest BCUT2D eigenvalue weighted by Crippen LogP contribution is 2.38. The van der Waals surface area contributed by atoms with E-state index in [9.17, 15) is 9.18 Å². The number of hydrogen-bond donors (Lipinski definition) is 3. The number of nitrogens with two attached hydrogens (primary N) is 1. The van der Waals surface area contributed by atoms with Crippen molar-refractivity contribution in [3.05, 3.63) is 41.7 Å². The first-order valence-corrected chi connectivity index (χ1v) is 10.0. The average molecular weight is 425 g/mol. The van der Waals surface area contributed by atoms with Crippen LogP contribution >= 0.6 is 0 Å². The largest absolute Gasteiger partial charge is 0.330 e. The van der Waals surface area contributed by atoms with Gasteiger partial charge in [0.05, 0.1) is 35.7 Å². The molecule has 31 heavy (non-hydrogen) atoms. The average Bonchev–Trinajstić information content (AvgIpc) is 3.12. The van der Waals surface area contributed by atoms with Crippen LogP contribution in [0.1, 0.15) is 30.4 Å². The molecule has 4 aromatic rings. The quantitative estimate of drug-likeness (QED) is 0.455. The number of aromatic amines is 1. The van der Waals surface area contributed by atoms with Crippen LogP contribution in [0.25, 0.3) is 27.8 Å². The second-order valence-electron chi connectivity index (χ2n) is 8.03. The van der Waals surface area contributed by atoms with Crippen LogP contribution in [0.3, 0.4) is 0 Å². The normalized spacial score (nSPS) is 19.1. The molecule has 1 aliphatic carbocycles. The third kappa shape index (κ3) is 3.14. The maximum Gasteiger partial charge on any atom is 0.231 e. The molecular formula is C21H21F2N7O. The molecule has 10 heteroatoms. The minimum absolute atomic E-state index is 0.179. The van der Waals surface area contributed by atoms with Gasteiger partial charge in [0, 0.05) is 22.7 Å². The number of aromatic nitrogens is 5. The van der Waals surface area contributed by atoms with E-state index in [1.165, 1.54) is 0 Å². The molecule has 3 atom stereocenters. The van der Waals surface area contributed by atoms with Crippen LogP contribution in [-0.2, 0) is 4.79 Å². The van der Waals surface area contributed by atoms with Crippen LogP contribution < -0.4 is 11.1 Å². The number of imidazole rings is 1. The number of alkyl halides is 1. The zero-order valence-corrected chi connectivity index (χ0v) is 17.0. The number of carbonyl (C=O) groups is 1. The molecule has 3 aromatic heterocycles. The van der Waals surface area contributed by atoms with Gasteiger partial charge in [-0.3, -0.25) is 14.9 Å². The maximum atomic E-state index is 15.3. The first-order chi connectivity index (χ1) is 14.9. The Morgan fingerprint density at radius 3 is 2.90 bits per heavy atom. The molecule has 1 amide bonds. The van der Waals surface area contributed by atoms with Gasteiger partial charge in [0.15, 0.2) is 11.5 Å². The Bertz CT molecular complexity index is 1330. The summed E-state index contributed by atoms with van der Waals surface area (Å²) in [6, 6.07) is 0. The van der Waals surface area contributed by atoms with Crippen molar-refractivity contribution in [1.29, 1.82) is 0 Å². The molecule has 3 heterocycles. The van der Waals surface area contributed by atoms with Crippen molar-refractivity contribution >= 4 is 28.3 Å². The van der Waals surface area contributed by atoms with Crippen molar-refractivity contribution in [2.75, 3.05) is 11.9 Å². The van der Waals surface area contributed by atoms with E-state index < -0.39 is 12.1 Å². The summed E-state index contributed by atoms with van der Waals surface area (Å²) in [5.41, 5.74) is 9.00. The molecule has 4 N–H and O–H groups in total. The van der Waals surface area contributed by atoms with Crippen LogP contribution in [0.2, 0.25) is 0 Å². The van der Waals surface area contributed by atoms with E-state index in [0.29, 0.717) is 45.9 Å². The summed E-state index contributed by atoms with van der Waals surface area (Å²) < 4.78 is 30.1. The molecular weight excluding hydrogens is 404 g/mol. The van der Waals surface area contributed by atoms with Crippen molar-refractivity contribution in [2.45, 2.75) is 32.4 Å². The van der Waals surface area contributed by atoms with Gasteiger partial charge < -0.3 is 15.5 Å². The standard InChI is InChI=1S/C21H21F2N7O/c1-9(4-24)17-19(23)10(2)18(12-5-26-29-20(12)17)14-7-30-8-15(27-16(30)6-25-14)28-21(31)11-3-13(11)22/h5-9,11,13H,3-4,24H2,1-2H3,(H,26,29)(H,28,31). The molecule has 5 rings (SSSR count). The Hall–Kier alpha value is -3.40. The Labute approximate surface area is 175 Å². The van der Waals surface area contributed by atoms with E-state index in [1.54, 1.807) is 36.1 Å². The molecule has 1 saturated carbocycles. The zero-order chi connectivity index (χ0) is 21.9. The lowest BCUT2D eigenvalue weighted by molar-refractivity contribution is -0.117. The van der Waals surface area contributed by atoms with Gasteiger partial charge in [-0.1, -0.05) is 6.92 Å². The summed E-state index contributed by atoms with van der Waals surface area (Å²) in [7, 11) is 0. The SMILES string of the molecule is Cc1c(F)c(C(C)CN)c2[nH]ncc2c1-c1cn2cc(NC(=O)C3CC3F)nc2cn1. The van der Waals surface area contributed by atoms with E-state index in [-0.39, 0.29) is 24.1 Å². The first-order valence-electron chi connectivity index (χ1n) is 10.0. The number of halogens is 2. The first kappa shape index (κ1) is 19.6. The number of H-pyrrole nitrogens is 1. The van der Waals surface area contributed by atoms with Crippen molar-refractivity contribution in [2.24, 2.45) is 11.7 Å². The number of anilines is 1. The fourth-order valence-corrected chi connectivity index (χ4v) is 3.96. The van der Waals surface area contributed by atoms with Gasteiger partial charge in [-0.25, -0.2) is 13.8 Å². The van der Waals surface area contributed by atoms with Crippen LogP contribution in [-0.4, -0.2) is 43.2 Å². The second kappa shape index (κ2) is 7.09. The summed E-state index contributed by atoms with van der Waals surface area (Å²) in [4.78, 5) is 20.8. The topological polar surface area (TPSA) is 114 Å². The third-order valence-corrected chi connectivity index (χ3v) is 5.86. The lowest BCUT2D eigenvalue weighted by atomic mass is 9.91. The van der Waals surface area contributed by atoms with Gasteiger partial charge in [-0.05, 0) is 31.4 Å². The lowest BCUT2D eigenvalue weighted by Crippen LogP contribution is -2.15. The molecule has 160 valence electrons. The Morgan fingerprint density at radius 1 is 1.42 bits per heavy atom. The molecule has 1 fully saturated rings. The minimum Gasteiger partial charge on any atom is -0.330 e. The monoisotopic (exact) mass is 425 g/mol. The number of nitrogens with zero attached hydrogens (tertiary/aromatic N) is 4. The highest BCUT2D eigenvalue weighted by atomic mass is 19.1. The number of fused-ring (bicyclic) bond motifs is 2. The summed E-state index contributed by atoms with van der Waals surface area (Å²) >= 11 is 0. The zero-order valence-electron chi connectivity index (χ0n) is 17.0. The third-order valence-electron chi connectivity index (χ3n) is 5.86.